The summed E-state index contributed by atoms with van der Waals surface area (Å²) in [5, 5.41) is 3.41. The Morgan fingerprint density at radius 1 is 1.19 bits per heavy atom. The van der Waals surface area contributed by atoms with Crippen molar-refractivity contribution in [2.24, 2.45) is 0 Å². The maximum Gasteiger partial charge on any atom is 0.410 e. The smallest absolute Gasteiger partial charge is 0.410 e. The molecule has 142 valence electrons. The first-order chi connectivity index (χ1) is 12.2. The zero-order valence-electron chi connectivity index (χ0n) is 16.2. The quantitative estimate of drug-likeness (QED) is 0.834. The first-order valence-corrected chi connectivity index (χ1v) is 8.81. The summed E-state index contributed by atoms with van der Waals surface area (Å²) < 4.78 is 10.3. The molecule has 1 aromatic carbocycles. The predicted molar refractivity (Wildman–Crippen MR) is 99.5 cm³/mol. The summed E-state index contributed by atoms with van der Waals surface area (Å²) in [4.78, 5) is 26.1. The Labute approximate surface area is 155 Å². The number of ether oxygens (including phenoxy) is 2. The molecule has 0 saturated heterocycles. The maximum atomic E-state index is 12.3. The molecular formula is C20H28N2O4. The number of nitrogens with zero attached hydrogens (tertiary/aromatic N) is 1. The molecule has 1 N–H and O–H groups in total. The van der Waals surface area contributed by atoms with Crippen molar-refractivity contribution in [1.29, 1.82) is 0 Å². The molecule has 0 saturated carbocycles. The lowest BCUT2D eigenvalue weighted by Gasteiger charge is -2.33. The van der Waals surface area contributed by atoms with Crippen molar-refractivity contribution in [2.75, 3.05) is 20.2 Å². The SMILES string of the molecule is COC(=O)C1=C(N[C@H](C)c2ccccc2)CCN(C(=O)OC(C)(C)C)C1. The molecule has 1 aromatic rings. The lowest BCUT2D eigenvalue weighted by molar-refractivity contribution is -0.136. The van der Waals surface area contributed by atoms with Crippen LogP contribution in [0.5, 0.6) is 0 Å². The molecule has 1 aliphatic rings. The molecule has 26 heavy (non-hydrogen) atoms. The van der Waals surface area contributed by atoms with Crippen molar-refractivity contribution in [2.45, 2.75) is 45.8 Å². The molecule has 0 aromatic heterocycles. The van der Waals surface area contributed by atoms with E-state index in [-0.39, 0.29) is 12.6 Å². The van der Waals surface area contributed by atoms with E-state index >= 15 is 0 Å². The monoisotopic (exact) mass is 360 g/mol. The second kappa shape index (κ2) is 8.25. The van der Waals surface area contributed by atoms with Crippen molar-refractivity contribution in [3.05, 3.63) is 47.2 Å². The van der Waals surface area contributed by atoms with Crippen LogP contribution in [-0.2, 0) is 14.3 Å². The first kappa shape index (κ1) is 19.8. The Morgan fingerprint density at radius 3 is 2.42 bits per heavy atom. The van der Waals surface area contributed by atoms with Crippen LogP contribution in [0.25, 0.3) is 0 Å². The molecule has 1 atom stereocenters. The van der Waals surface area contributed by atoms with Gasteiger partial charge in [0.05, 0.1) is 19.2 Å². The van der Waals surface area contributed by atoms with E-state index in [4.69, 9.17) is 9.47 Å². The summed E-state index contributed by atoms with van der Waals surface area (Å²) in [6.07, 6.45) is 0.120. The summed E-state index contributed by atoms with van der Waals surface area (Å²) in [6.45, 7) is 8.16. The summed E-state index contributed by atoms with van der Waals surface area (Å²) >= 11 is 0. The van der Waals surface area contributed by atoms with E-state index in [2.05, 4.69) is 5.32 Å². The molecule has 0 radical (unpaired) electrons. The second-order valence-electron chi connectivity index (χ2n) is 7.38. The highest BCUT2D eigenvalue weighted by Gasteiger charge is 2.30. The van der Waals surface area contributed by atoms with Gasteiger partial charge in [0.25, 0.3) is 0 Å². The van der Waals surface area contributed by atoms with E-state index in [1.165, 1.54) is 12.0 Å². The van der Waals surface area contributed by atoms with Crippen LogP contribution >= 0.6 is 0 Å². The topological polar surface area (TPSA) is 67.9 Å². The van der Waals surface area contributed by atoms with Gasteiger partial charge in [0.1, 0.15) is 5.60 Å². The van der Waals surface area contributed by atoms with Gasteiger partial charge in [-0.1, -0.05) is 30.3 Å². The van der Waals surface area contributed by atoms with Crippen molar-refractivity contribution in [1.82, 2.24) is 10.2 Å². The molecule has 1 heterocycles. The lowest BCUT2D eigenvalue weighted by atomic mass is 10.0. The molecular weight excluding hydrogens is 332 g/mol. The molecule has 6 nitrogen and oxygen atoms in total. The number of hydrogen-bond acceptors (Lipinski definition) is 5. The molecule has 0 unspecified atom stereocenters. The average molecular weight is 360 g/mol. The third-order valence-electron chi connectivity index (χ3n) is 4.12. The van der Waals surface area contributed by atoms with Crippen LogP contribution in [-0.4, -0.2) is 42.8 Å². The Bertz CT molecular complexity index is 677. The highest BCUT2D eigenvalue weighted by molar-refractivity contribution is 5.90. The number of methoxy groups -OCH3 is 1. The van der Waals surface area contributed by atoms with Crippen LogP contribution in [0.2, 0.25) is 0 Å². The molecule has 0 spiro atoms. The van der Waals surface area contributed by atoms with Crippen LogP contribution in [0.3, 0.4) is 0 Å². The molecule has 0 aliphatic carbocycles. The van der Waals surface area contributed by atoms with E-state index in [1.807, 2.05) is 58.0 Å². The maximum absolute atomic E-state index is 12.3. The number of carbonyl (C=O) groups excluding carboxylic acids is 2. The van der Waals surface area contributed by atoms with E-state index in [0.717, 1.165) is 11.3 Å². The summed E-state index contributed by atoms with van der Waals surface area (Å²) in [7, 11) is 1.35. The van der Waals surface area contributed by atoms with Gasteiger partial charge in [0.2, 0.25) is 0 Å². The van der Waals surface area contributed by atoms with Gasteiger partial charge in [-0.05, 0) is 33.3 Å². The number of esters is 1. The lowest BCUT2D eigenvalue weighted by Crippen LogP contribution is -2.43. The van der Waals surface area contributed by atoms with Crippen LogP contribution in [0, 0.1) is 0 Å². The fourth-order valence-electron chi connectivity index (χ4n) is 2.80. The van der Waals surface area contributed by atoms with Crippen molar-refractivity contribution in [3.8, 4) is 0 Å². The fourth-order valence-corrected chi connectivity index (χ4v) is 2.80. The van der Waals surface area contributed by atoms with Gasteiger partial charge in [0, 0.05) is 24.7 Å². The summed E-state index contributed by atoms with van der Waals surface area (Å²) in [5.41, 5.74) is 1.83. The minimum absolute atomic E-state index is 0.0407. The van der Waals surface area contributed by atoms with Gasteiger partial charge in [-0.25, -0.2) is 9.59 Å². The summed E-state index contributed by atoms with van der Waals surface area (Å²) in [5.74, 6) is -0.430. The van der Waals surface area contributed by atoms with Gasteiger partial charge in [-0.2, -0.15) is 0 Å². The van der Waals surface area contributed by atoms with Crippen molar-refractivity contribution < 1.29 is 19.1 Å². The van der Waals surface area contributed by atoms with Gasteiger partial charge >= 0.3 is 12.1 Å². The number of hydrogen-bond donors (Lipinski definition) is 1. The van der Waals surface area contributed by atoms with Crippen molar-refractivity contribution in [3.63, 3.8) is 0 Å². The van der Waals surface area contributed by atoms with E-state index in [1.54, 1.807) is 0 Å². The van der Waals surface area contributed by atoms with Gasteiger partial charge in [-0.3, -0.25) is 0 Å². The fraction of sp³-hybridized carbons (Fsp3) is 0.500. The Hall–Kier alpha value is -2.50. The van der Waals surface area contributed by atoms with Crippen LogP contribution in [0.1, 0.15) is 45.7 Å². The number of rotatable bonds is 4. The van der Waals surface area contributed by atoms with Gasteiger partial charge in [0.15, 0.2) is 0 Å². The highest BCUT2D eigenvalue weighted by atomic mass is 16.6. The average Bonchev–Trinajstić information content (AvgIpc) is 2.60. The van der Waals surface area contributed by atoms with Gasteiger partial charge in [-0.15, -0.1) is 0 Å². The summed E-state index contributed by atoms with van der Waals surface area (Å²) in [6, 6.07) is 10.0. The van der Waals surface area contributed by atoms with E-state index < -0.39 is 17.7 Å². The van der Waals surface area contributed by atoms with E-state index in [0.29, 0.717) is 18.5 Å². The second-order valence-corrected chi connectivity index (χ2v) is 7.38. The molecule has 1 aliphatic heterocycles. The zero-order valence-corrected chi connectivity index (χ0v) is 16.2. The number of benzene rings is 1. The van der Waals surface area contributed by atoms with Gasteiger partial charge < -0.3 is 19.7 Å². The molecule has 0 fully saturated rings. The molecule has 6 heteroatoms. The third-order valence-corrected chi connectivity index (χ3v) is 4.12. The van der Waals surface area contributed by atoms with E-state index in [9.17, 15) is 9.59 Å². The largest absolute Gasteiger partial charge is 0.466 e. The Kier molecular flexibility index (Phi) is 6.29. The molecule has 2 rings (SSSR count). The first-order valence-electron chi connectivity index (χ1n) is 8.81. The minimum atomic E-state index is -0.577. The van der Waals surface area contributed by atoms with Crippen LogP contribution in [0.15, 0.2) is 41.6 Å². The highest BCUT2D eigenvalue weighted by Crippen LogP contribution is 2.23. The minimum Gasteiger partial charge on any atom is -0.466 e. The number of nitrogens with one attached hydrogen (secondary N) is 1. The predicted octanol–water partition coefficient (Wildman–Crippen LogP) is 3.41. The Balaban J connectivity index is 2.17. The number of amides is 1. The third kappa shape index (κ3) is 5.25. The standard InChI is InChI=1S/C20H28N2O4/c1-14(15-9-7-6-8-10-15)21-17-11-12-22(13-16(17)18(23)25-5)19(24)26-20(2,3)4/h6-10,14,21H,11-13H2,1-5H3/t14-/m1/s1. The van der Waals surface area contributed by atoms with Crippen molar-refractivity contribution >= 4 is 12.1 Å². The zero-order chi connectivity index (χ0) is 19.3. The normalized spacial score (nSPS) is 16.1. The van der Waals surface area contributed by atoms with Crippen LogP contribution in [0.4, 0.5) is 4.79 Å². The molecule has 0 bridgehead atoms. The molecule has 1 amide bonds. The number of carbonyl (C=O) groups is 2. The Morgan fingerprint density at radius 2 is 1.85 bits per heavy atom. The van der Waals surface area contributed by atoms with Crippen LogP contribution < -0.4 is 5.32 Å².